The molecule has 0 saturated carbocycles. The molecule has 3 N–H and O–H groups in total. The van der Waals surface area contributed by atoms with Crippen molar-refractivity contribution in [2.24, 2.45) is 5.73 Å². The van der Waals surface area contributed by atoms with E-state index in [-0.39, 0.29) is 18.4 Å². The van der Waals surface area contributed by atoms with Crippen LogP contribution >= 0.6 is 12.4 Å². The van der Waals surface area contributed by atoms with Gasteiger partial charge in [0.2, 0.25) is 0 Å². The molecular formula is C10H12ClNO. The molecule has 1 aliphatic rings. The molecule has 0 radical (unpaired) electrons. The normalized spacial score (nSPS) is 24.8. The van der Waals surface area contributed by atoms with Gasteiger partial charge in [0, 0.05) is 0 Å². The van der Waals surface area contributed by atoms with Gasteiger partial charge in [0.15, 0.2) is 0 Å². The Balaban J connectivity index is 0.000000845. The highest BCUT2D eigenvalue weighted by Crippen LogP contribution is 2.26. The molecule has 0 aliphatic heterocycles. The SMILES string of the molecule is Cl.N[C@H]1C=Cc2ccccc2[C@@H]1O. The molecule has 1 aromatic rings. The fraction of sp³-hybridized carbons (Fsp3) is 0.200. The molecule has 1 aliphatic carbocycles. The molecule has 1 aromatic carbocycles. The maximum atomic E-state index is 9.65. The van der Waals surface area contributed by atoms with Crippen molar-refractivity contribution in [1.29, 1.82) is 0 Å². The van der Waals surface area contributed by atoms with Gasteiger partial charge in [-0.05, 0) is 11.1 Å². The molecule has 0 aromatic heterocycles. The van der Waals surface area contributed by atoms with Crippen LogP contribution in [0.15, 0.2) is 30.3 Å². The number of halogens is 1. The third-order valence-corrected chi connectivity index (χ3v) is 2.18. The van der Waals surface area contributed by atoms with Crippen molar-refractivity contribution in [2.75, 3.05) is 0 Å². The van der Waals surface area contributed by atoms with Gasteiger partial charge in [-0.2, -0.15) is 0 Å². The van der Waals surface area contributed by atoms with Gasteiger partial charge < -0.3 is 10.8 Å². The molecule has 3 heteroatoms. The first-order chi connectivity index (χ1) is 5.79. The second-order valence-corrected chi connectivity index (χ2v) is 3.01. The molecule has 0 spiro atoms. The Kier molecular flexibility index (Phi) is 3.09. The maximum absolute atomic E-state index is 9.65. The van der Waals surface area contributed by atoms with Crippen LogP contribution in [0.2, 0.25) is 0 Å². The first-order valence-corrected chi connectivity index (χ1v) is 4.00. The van der Waals surface area contributed by atoms with E-state index in [2.05, 4.69) is 0 Å². The number of nitrogens with two attached hydrogens (primary N) is 1. The van der Waals surface area contributed by atoms with Gasteiger partial charge in [-0.15, -0.1) is 12.4 Å². The van der Waals surface area contributed by atoms with Crippen LogP contribution in [0.5, 0.6) is 0 Å². The lowest BCUT2D eigenvalue weighted by atomic mass is 9.92. The predicted octanol–water partition coefficient (Wildman–Crippen LogP) is 1.50. The summed E-state index contributed by atoms with van der Waals surface area (Å²) < 4.78 is 0. The lowest BCUT2D eigenvalue weighted by Gasteiger charge is -2.22. The zero-order valence-electron chi connectivity index (χ0n) is 7.05. The van der Waals surface area contributed by atoms with Crippen molar-refractivity contribution in [2.45, 2.75) is 12.1 Å². The van der Waals surface area contributed by atoms with Crippen LogP contribution in [0, 0.1) is 0 Å². The van der Waals surface area contributed by atoms with Crippen LogP contribution < -0.4 is 5.73 Å². The molecule has 2 rings (SSSR count). The summed E-state index contributed by atoms with van der Waals surface area (Å²) in [4.78, 5) is 0. The van der Waals surface area contributed by atoms with Crippen molar-refractivity contribution in [3.8, 4) is 0 Å². The fourth-order valence-corrected chi connectivity index (χ4v) is 1.46. The molecule has 70 valence electrons. The third-order valence-electron chi connectivity index (χ3n) is 2.18. The van der Waals surface area contributed by atoms with E-state index in [1.165, 1.54) is 0 Å². The monoisotopic (exact) mass is 197 g/mol. The number of rotatable bonds is 0. The summed E-state index contributed by atoms with van der Waals surface area (Å²) in [5.41, 5.74) is 7.64. The lowest BCUT2D eigenvalue weighted by Crippen LogP contribution is -2.28. The average molecular weight is 198 g/mol. The van der Waals surface area contributed by atoms with Crippen molar-refractivity contribution in [3.63, 3.8) is 0 Å². The molecule has 0 heterocycles. The van der Waals surface area contributed by atoms with Crippen LogP contribution in [0.1, 0.15) is 17.2 Å². The minimum atomic E-state index is -0.550. The lowest BCUT2D eigenvalue weighted by molar-refractivity contribution is 0.162. The van der Waals surface area contributed by atoms with Crippen molar-refractivity contribution in [3.05, 3.63) is 41.5 Å². The molecule has 0 saturated heterocycles. The van der Waals surface area contributed by atoms with Gasteiger partial charge in [-0.1, -0.05) is 36.4 Å². The fourth-order valence-electron chi connectivity index (χ4n) is 1.46. The smallest absolute Gasteiger partial charge is 0.0982 e. The number of fused-ring (bicyclic) bond motifs is 1. The third kappa shape index (κ3) is 1.75. The average Bonchev–Trinajstić information content (AvgIpc) is 2.12. The highest BCUT2D eigenvalue weighted by molar-refractivity contribution is 5.85. The van der Waals surface area contributed by atoms with E-state index < -0.39 is 6.10 Å². The topological polar surface area (TPSA) is 46.2 Å². The predicted molar refractivity (Wildman–Crippen MR) is 55.7 cm³/mol. The second kappa shape index (κ2) is 3.92. The molecule has 2 nitrogen and oxygen atoms in total. The molecule has 0 fully saturated rings. The van der Waals surface area contributed by atoms with Gasteiger partial charge in [0.1, 0.15) is 0 Å². The van der Waals surface area contributed by atoms with Crippen LogP contribution in [0.25, 0.3) is 6.08 Å². The Hall–Kier alpha value is -0.830. The van der Waals surface area contributed by atoms with E-state index >= 15 is 0 Å². The minimum absolute atomic E-state index is 0. The molecule has 2 atom stereocenters. The van der Waals surface area contributed by atoms with E-state index in [0.717, 1.165) is 11.1 Å². The second-order valence-electron chi connectivity index (χ2n) is 3.01. The Labute approximate surface area is 83.5 Å². The Morgan fingerprint density at radius 1 is 1.23 bits per heavy atom. The summed E-state index contributed by atoms with van der Waals surface area (Å²) in [6.07, 6.45) is 3.23. The van der Waals surface area contributed by atoms with E-state index in [1.54, 1.807) is 0 Å². The van der Waals surface area contributed by atoms with E-state index in [4.69, 9.17) is 5.73 Å². The quantitative estimate of drug-likeness (QED) is 0.662. The van der Waals surface area contributed by atoms with Crippen LogP contribution in [-0.4, -0.2) is 11.1 Å². The number of hydrogen-bond acceptors (Lipinski definition) is 2. The van der Waals surface area contributed by atoms with Crippen LogP contribution in [-0.2, 0) is 0 Å². The first kappa shape index (κ1) is 10.3. The standard InChI is InChI=1S/C10H11NO.ClH/c11-9-6-5-7-3-1-2-4-8(7)10(9)12;/h1-6,9-10,12H,11H2;1H/t9-,10-;/m0./s1. The molecule has 0 amide bonds. The first-order valence-electron chi connectivity index (χ1n) is 4.00. The van der Waals surface area contributed by atoms with Gasteiger partial charge >= 0.3 is 0 Å². The molecule has 0 bridgehead atoms. The number of hydrogen-bond donors (Lipinski definition) is 2. The van der Waals surface area contributed by atoms with Crippen LogP contribution in [0.4, 0.5) is 0 Å². The van der Waals surface area contributed by atoms with E-state index in [0.29, 0.717) is 0 Å². The maximum Gasteiger partial charge on any atom is 0.0982 e. The van der Waals surface area contributed by atoms with Crippen molar-refractivity contribution in [1.82, 2.24) is 0 Å². The summed E-state index contributed by atoms with van der Waals surface area (Å²) in [6, 6.07) is 7.48. The van der Waals surface area contributed by atoms with Gasteiger partial charge in [0.05, 0.1) is 12.1 Å². The van der Waals surface area contributed by atoms with E-state index in [1.807, 2.05) is 36.4 Å². The molecule has 13 heavy (non-hydrogen) atoms. The zero-order chi connectivity index (χ0) is 8.55. The summed E-state index contributed by atoms with van der Waals surface area (Å²) in [6.45, 7) is 0. The van der Waals surface area contributed by atoms with Crippen molar-refractivity contribution < 1.29 is 5.11 Å². The highest BCUT2D eigenvalue weighted by Gasteiger charge is 2.19. The van der Waals surface area contributed by atoms with Crippen molar-refractivity contribution >= 4 is 18.5 Å². The number of aliphatic hydroxyl groups excluding tert-OH is 1. The molecule has 0 unspecified atom stereocenters. The van der Waals surface area contributed by atoms with Crippen LogP contribution in [0.3, 0.4) is 0 Å². The number of aliphatic hydroxyl groups is 1. The molecular weight excluding hydrogens is 186 g/mol. The summed E-state index contributed by atoms with van der Waals surface area (Å²) in [5.74, 6) is 0. The van der Waals surface area contributed by atoms with E-state index in [9.17, 15) is 5.11 Å². The van der Waals surface area contributed by atoms with Gasteiger partial charge in [-0.25, -0.2) is 0 Å². The Morgan fingerprint density at radius 3 is 2.69 bits per heavy atom. The van der Waals surface area contributed by atoms with Gasteiger partial charge in [-0.3, -0.25) is 0 Å². The Bertz CT molecular complexity index is 324. The zero-order valence-corrected chi connectivity index (χ0v) is 7.87. The largest absolute Gasteiger partial charge is 0.386 e. The summed E-state index contributed by atoms with van der Waals surface area (Å²) in [7, 11) is 0. The summed E-state index contributed by atoms with van der Waals surface area (Å²) >= 11 is 0. The number of benzene rings is 1. The van der Waals surface area contributed by atoms with Gasteiger partial charge in [0.25, 0.3) is 0 Å². The minimum Gasteiger partial charge on any atom is -0.386 e. The Morgan fingerprint density at radius 2 is 1.92 bits per heavy atom. The summed E-state index contributed by atoms with van der Waals surface area (Å²) in [5, 5.41) is 9.65. The highest BCUT2D eigenvalue weighted by atomic mass is 35.5.